The quantitative estimate of drug-likeness (QED) is 0.452. The summed E-state index contributed by atoms with van der Waals surface area (Å²) >= 11 is 0. The van der Waals surface area contributed by atoms with Crippen LogP contribution in [0.1, 0.15) is 73.3 Å². The second-order valence-corrected chi connectivity index (χ2v) is 12.2. The number of alkyl halides is 3. The Kier molecular flexibility index (Phi) is 6.82. The smallest absolute Gasteiger partial charge is 0.416 e. The molecule has 2 fully saturated rings. The molecule has 2 aromatic heterocycles. The van der Waals surface area contributed by atoms with Crippen LogP contribution in [0.25, 0.3) is 11.3 Å². The molecule has 0 bridgehead atoms. The topological polar surface area (TPSA) is 134 Å². The number of ether oxygens (including phenoxy) is 1. The van der Waals surface area contributed by atoms with Gasteiger partial charge in [-0.15, -0.1) is 0 Å². The summed E-state index contributed by atoms with van der Waals surface area (Å²) < 4.78 is 48.1. The minimum absolute atomic E-state index is 0.0707. The number of halogens is 3. The third kappa shape index (κ3) is 5.62. The Hall–Kier alpha value is -4.03. The Morgan fingerprint density at radius 2 is 1.88 bits per heavy atom. The maximum atomic E-state index is 13.2. The first-order valence-electron chi connectivity index (χ1n) is 13.4. The van der Waals surface area contributed by atoms with Crippen molar-refractivity contribution in [2.45, 2.75) is 71.3 Å². The highest BCUT2D eigenvalue weighted by Crippen LogP contribution is 2.55. The van der Waals surface area contributed by atoms with E-state index in [2.05, 4.69) is 5.10 Å². The Morgan fingerprint density at radius 1 is 1.17 bits per heavy atom. The summed E-state index contributed by atoms with van der Waals surface area (Å²) in [5.74, 6) is -0.584. The zero-order valence-electron chi connectivity index (χ0n) is 23.5. The van der Waals surface area contributed by atoms with E-state index in [1.54, 1.807) is 28.8 Å². The third-order valence-electron chi connectivity index (χ3n) is 7.77. The summed E-state index contributed by atoms with van der Waals surface area (Å²) in [4.78, 5) is 26.8. The number of anilines is 1. The molecule has 3 aromatic rings. The summed E-state index contributed by atoms with van der Waals surface area (Å²) in [6.45, 7) is 8.50. The number of amides is 2. The molecular weight excluding hydrogens is 539 g/mol. The van der Waals surface area contributed by atoms with Crippen molar-refractivity contribution in [2.75, 3.05) is 18.8 Å². The van der Waals surface area contributed by atoms with Crippen LogP contribution < -0.4 is 11.5 Å². The second-order valence-electron chi connectivity index (χ2n) is 12.2. The van der Waals surface area contributed by atoms with E-state index in [4.69, 9.17) is 21.3 Å². The van der Waals surface area contributed by atoms with E-state index in [0.29, 0.717) is 29.9 Å². The van der Waals surface area contributed by atoms with Crippen LogP contribution in [-0.4, -0.2) is 55.2 Å². The lowest BCUT2D eigenvalue weighted by atomic mass is 9.65. The molecule has 1 aromatic carbocycles. The van der Waals surface area contributed by atoms with Gasteiger partial charge in [0.2, 0.25) is 0 Å². The average Bonchev–Trinajstić information content (AvgIpc) is 3.52. The molecule has 0 unspecified atom stereocenters. The standard InChI is InChI=1S/C28H34F3N7O3/c1-16-20(14-37(34-16)13-17-6-5-7-18(10-17)28(29,30)31)22-21(24(33)39)23(32)38(35-22)19-11-27(12-19)8-9-36(15-27)25(40)41-26(2,3)4/h5-7,10,14,19H,8-9,11-13,15,32H2,1-4H3,(H2,33,39)/t19-,27-. The predicted octanol–water partition coefficient (Wildman–Crippen LogP) is 4.77. The van der Waals surface area contributed by atoms with Gasteiger partial charge in [0.1, 0.15) is 22.7 Å². The van der Waals surface area contributed by atoms with E-state index in [-0.39, 0.29) is 41.2 Å². The van der Waals surface area contributed by atoms with Crippen LogP contribution >= 0.6 is 0 Å². The molecule has 1 aliphatic carbocycles. The van der Waals surface area contributed by atoms with Gasteiger partial charge in [-0.25, -0.2) is 9.48 Å². The van der Waals surface area contributed by atoms with Crippen molar-refractivity contribution in [1.82, 2.24) is 24.5 Å². The van der Waals surface area contributed by atoms with Gasteiger partial charge in [0.25, 0.3) is 5.91 Å². The summed E-state index contributed by atoms with van der Waals surface area (Å²) in [6, 6.07) is 4.96. The van der Waals surface area contributed by atoms with Crippen LogP contribution in [0.2, 0.25) is 0 Å². The number of aromatic nitrogens is 4. The second kappa shape index (κ2) is 9.81. The van der Waals surface area contributed by atoms with Crippen molar-refractivity contribution >= 4 is 17.8 Å². The highest BCUT2D eigenvalue weighted by Gasteiger charge is 2.51. The first-order chi connectivity index (χ1) is 19.1. The van der Waals surface area contributed by atoms with E-state index in [1.165, 1.54) is 10.7 Å². The number of rotatable bonds is 5. The van der Waals surface area contributed by atoms with E-state index in [1.807, 2.05) is 20.8 Å². The molecule has 41 heavy (non-hydrogen) atoms. The van der Waals surface area contributed by atoms with Crippen LogP contribution in [0.15, 0.2) is 30.5 Å². The number of nitrogen functional groups attached to an aromatic ring is 1. The normalized spacial score (nSPS) is 20.9. The molecule has 5 rings (SSSR count). The molecule has 3 heterocycles. The number of carbonyl (C=O) groups excluding carboxylic acids is 2. The lowest BCUT2D eigenvalue weighted by molar-refractivity contribution is -0.137. The fourth-order valence-corrected chi connectivity index (χ4v) is 5.89. The zero-order valence-corrected chi connectivity index (χ0v) is 23.5. The van der Waals surface area contributed by atoms with Crippen molar-refractivity contribution in [3.63, 3.8) is 0 Å². The first-order valence-corrected chi connectivity index (χ1v) is 13.4. The number of hydrogen-bond acceptors (Lipinski definition) is 6. The Bertz CT molecular complexity index is 1500. The first kappa shape index (κ1) is 28.5. The SMILES string of the molecule is Cc1nn(Cc2cccc(C(F)(F)F)c2)cc1-c1nn([C@H]2C[C@@]3(CCN(C(=O)OC(C)(C)C)C3)C2)c(N)c1C(N)=O. The molecule has 0 radical (unpaired) electrons. The van der Waals surface area contributed by atoms with Gasteiger partial charge in [-0.1, -0.05) is 12.1 Å². The van der Waals surface area contributed by atoms with Crippen molar-refractivity contribution in [3.05, 3.63) is 52.8 Å². The number of primary amides is 1. The van der Waals surface area contributed by atoms with Gasteiger partial charge in [0.15, 0.2) is 0 Å². The van der Waals surface area contributed by atoms with Crippen LogP contribution in [0.5, 0.6) is 0 Å². The minimum Gasteiger partial charge on any atom is -0.444 e. The van der Waals surface area contributed by atoms with E-state index < -0.39 is 23.2 Å². The van der Waals surface area contributed by atoms with Gasteiger partial charge in [-0.05, 0) is 70.1 Å². The van der Waals surface area contributed by atoms with Gasteiger partial charge >= 0.3 is 12.3 Å². The van der Waals surface area contributed by atoms with E-state index >= 15 is 0 Å². The molecule has 1 spiro atoms. The average molecular weight is 574 g/mol. The number of nitrogens with two attached hydrogens (primary N) is 2. The van der Waals surface area contributed by atoms with Crippen LogP contribution in [0.4, 0.5) is 23.8 Å². The fourth-order valence-electron chi connectivity index (χ4n) is 5.89. The molecule has 1 saturated carbocycles. The van der Waals surface area contributed by atoms with Crippen molar-refractivity contribution in [3.8, 4) is 11.3 Å². The molecular formula is C28H34F3N7O3. The van der Waals surface area contributed by atoms with E-state index in [0.717, 1.165) is 31.4 Å². The molecule has 13 heteroatoms. The van der Waals surface area contributed by atoms with Gasteiger partial charge in [-0.2, -0.15) is 23.4 Å². The third-order valence-corrected chi connectivity index (χ3v) is 7.77. The Labute approximate surface area is 235 Å². The minimum atomic E-state index is -4.45. The van der Waals surface area contributed by atoms with Crippen LogP contribution in [-0.2, 0) is 17.5 Å². The zero-order chi connectivity index (χ0) is 29.9. The Morgan fingerprint density at radius 3 is 2.51 bits per heavy atom. The van der Waals surface area contributed by atoms with Gasteiger partial charge in [0.05, 0.1) is 23.8 Å². The van der Waals surface area contributed by atoms with Crippen LogP contribution in [0.3, 0.4) is 0 Å². The number of nitrogens with zero attached hydrogens (tertiary/aromatic N) is 5. The summed E-state index contributed by atoms with van der Waals surface area (Å²) in [5.41, 5.74) is 12.6. The lowest BCUT2D eigenvalue weighted by Gasteiger charge is -2.45. The summed E-state index contributed by atoms with van der Waals surface area (Å²) in [7, 11) is 0. The number of hydrogen-bond donors (Lipinski definition) is 2. The molecule has 2 amide bonds. The highest BCUT2D eigenvalue weighted by molar-refractivity contribution is 6.03. The Balaban J connectivity index is 1.35. The number of carbonyl (C=O) groups is 2. The monoisotopic (exact) mass is 573 g/mol. The van der Waals surface area contributed by atoms with Crippen LogP contribution in [0, 0.1) is 12.3 Å². The molecule has 10 nitrogen and oxygen atoms in total. The van der Waals surface area contributed by atoms with Gasteiger partial charge in [0, 0.05) is 24.8 Å². The molecule has 2 aliphatic rings. The van der Waals surface area contributed by atoms with Crippen molar-refractivity contribution in [1.29, 1.82) is 0 Å². The number of likely N-dealkylation sites (tertiary alicyclic amines) is 1. The largest absolute Gasteiger partial charge is 0.444 e. The molecule has 1 saturated heterocycles. The maximum absolute atomic E-state index is 13.2. The molecule has 1 aliphatic heterocycles. The molecule has 4 N–H and O–H groups in total. The maximum Gasteiger partial charge on any atom is 0.416 e. The number of benzene rings is 1. The van der Waals surface area contributed by atoms with Crippen molar-refractivity contribution < 1.29 is 27.5 Å². The molecule has 220 valence electrons. The number of aryl methyl sites for hydroxylation is 1. The highest BCUT2D eigenvalue weighted by atomic mass is 19.4. The fraction of sp³-hybridized carbons (Fsp3) is 0.500. The van der Waals surface area contributed by atoms with Gasteiger partial charge < -0.3 is 21.1 Å². The lowest BCUT2D eigenvalue weighted by Crippen LogP contribution is -2.43. The predicted molar refractivity (Wildman–Crippen MR) is 145 cm³/mol. The van der Waals surface area contributed by atoms with Crippen molar-refractivity contribution in [2.24, 2.45) is 11.1 Å². The summed E-state index contributed by atoms with van der Waals surface area (Å²) in [5, 5.41) is 9.14. The summed E-state index contributed by atoms with van der Waals surface area (Å²) in [6.07, 6.45) is -0.860. The molecule has 0 atom stereocenters. The van der Waals surface area contributed by atoms with E-state index in [9.17, 15) is 22.8 Å². The van der Waals surface area contributed by atoms with Gasteiger partial charge in [-0.3, -0.25) is 9.48 Å².